The Morgan fingerprint density at radius 3 is 2.38 bits per heavy atom. The van der Waals surface area contributed by atoms with Crippen LogP contribution in [0.15, 0.2) is 0 Å². The van der Waals surface area contributed by atoms with E-state index in [-0.39, 0.29) is 24.2 Å². The van der Waals surface area contributed by atoms with Crippen LogP contribution in [-0.4, -0.2) is 29.6 Å². The molecule has 0 aliphatic heterocycles. The van der Waals surface area contributed by atoms with Gasteiger partial charge in [0.15, 0.2) is 0 Å². The van der Waals surface area contributed by atoms with Gasteiger partial charge in [-0.3, -0.25) is 9.59 Å². The largest absolute Gasteiger partial charge is 0.480 e. The number of amides is 1. The van der Waals surface area contributed by atoms with Gasteiger partial charge in [-0.05, 0) is 18.3 Å². The van der Waals surface area contributed by atoms with Gasteiger partial charge < -0.3 is 16.2 Å². The summed E-state index contributed by atoms with van der Waals surface area (Å²) in [6.07, 6.45) is 1.23. The maximum Gasteiger partial charge on any atom is 0.320 e. The van der Waals surface area contributed by atoms with Crippen LogP contribution in [0.2, 0.25) is 0 Å². The Morgan fingerprint density at radius 1 is 1.38 bits per heavy atom. The van der Waals surface area contributed by atoms with Crippen LogP contribution in [0.25, 0.3) is 0 Å². The fourth-order valence-electron chi connectivity index (χ4n) is 1.08. The summed E-state index contributed by atoms with van der Waals surface area (Å²) in [4.78, 5) is 21.7. The van der Waals surface area contributed by atoms with Crippen molar-refractivity contribution in [2.24, 2.45) is 11.1 Å². The lowest BCUT2D eigenvalue weighted by Crippen LogP contribution is -2.33. The molecule has 0 aliphatic rings. The number of carboxylic acids is 1. The molecule has 0 unspecified atom stereocenters. The summed E-state index contributed by atoms with van der Waals surface area (Å²) in [6, 6.07) is -0.951. The van der Waals surface area contributed by atoms with Crippen LogP contribution in [0.1, 0.15) is 40.0 Å². The fourth-order valence-corrected chi connectivity index (χ4v) is 1.08. The number of carbonyl (C=O) groups is 2. The van der Waals surface area contributed by atoms with Crippen molar-refractivity contribution in [2.75, 3.05) is 6.54 Å². The number of carbonyl (C=O) groups excluding carboxylic acids is 1. The Morgan fingerprint density at radius 2 is 1.94 bits per heavy atom. The molecule has 5 nitrogen and oxygen atoms in total. The van der Waals surface area contributed by atoms with E-state index < -0.39 is 12.0 Å². The lowest BCUT2D eigenvalue weighted by atomic mass is 9.92. The second-order valence-corrected chi connectivity index (χ2v) is 5.14. The van der Waals surface area contributed by atoms with Crippen LogP contribution in [0.3, 0.4) is 0 Å². The van der Waals surface area contributed by atoms with Gasteiger partial charge in [-0.15, -0.1) is 0 Å². The number of hydrogen-bond acceptors (Lipinski definition) is 3. The molecular weight excluding hydrogens is 208 g/mol. The topological polar surface area (TPSA) is 92.4 Å². The molecular formula is C11H22N2O3. The highest BCUT2D eigenvalue weighted by Gasteiger charge is 2.14. The number of rotatable bonds is 6. The molecule has 0 aromatic carbocycles. The molecule has 0 aliphatic carbocycles. The monoisotopic (exact) mass is 230 g/mol. The second-order valence-electron chi connectivity index (χ2n) is 5.14. The standard InChI is InChI=1S/C11H22N2O3/c1-11(2,3)6-7-13-9(14)5-4-8(12)10(15)16/h8H,4-7,12H2,1-3H3,(H,13,14)(H,15,16)/t8-/m0/s1. The maximum atomic E-state index is 11.3. The zero-order chi connectivity index (χ0) is 12.8. The third kappa shape index (κ3) is 8.23. The van der Waals surface area contributed by atoms with Crippen LogP contribution in [-0.2, 0) is 9.59 Å². The van der Waals surface area contributed by atoms with Crippen molar-refractivity contribution in [2.45, 2.75) is 46.1 Å². The van der Waals surface area contributed by atoms with E-state index in [0.717, 1.165) is 6.42 Å². The first-order chi connectivity index (χ1) is 7.22. The van der Waals surface area contributed by atoms with Crippen LogP contribution < -0.4 is 11.1 Å². The van der Waals surface area contributed by atoms with Crippen LogP contribution >= 0.6 is 0 Å². The molecule has 0 rings (SSSR count). The molecule has 0 heterocycles. The van der Waals surface area contributed by atoms with Gasteiger partial charge in [-0.2, -0.15) is 0 Å². The van der Waals surface area contributed by atoms with Gasteiger partial charge in [0.1, 0.15) is 6.04 Å². The number of nitrogens with one attached hydrogen (secondary N) is 1. The number of nitrogens with two attached hydrogens (primary N) is 1. The van der Waals surface area contributed by atoms with Gasteiger partial charge in [0.05, 0.1) is 0 Å². The van der Waals surface area contributed by atoms with Gasteiger partial charge in [0.2, 0.25) is 5.91 Å². The molecule has 16 heavy (non-hydrogen) atoms. The lowest BCUT2D eigenvalue weighted by Gasteiger charge is -2.18. The molecule has 5 heteroatoms. The van der Waals surface area contributed by atoms with E-state index in [1.165, 1.54) is 0 Å². The molecule has 0 aromatic rings. The Hall–Kier alpha value is -1.10. The zero-order valence-electron chi connectivity index (χ0n) is 10.2. The number of aliphatic carboxylic acids is 1. The molecule has 0 saturated carbocycles. The molecule has 1 amide bonds. The highest BCUT2D eigenvalue weighted by atomic mass is 16.4. The third-order valence-electron chi connectivity index (χ3n) is 2.20. The SMILES string of the molecule is CC(C)(C)CCNC(=O)CC[C@H](N)C(=O)O. The molecule has 0 saturated heterocycles. The molecule has 0 radical (unpaired) electrons. The highest BCUT2D eigenvalue weighted by molar-refractivity contribution is 5.78. The van der Waals surface area contributed by atoms with E-state index in [9.17, 15) is 9.59 Å². The minimum Gasteiger partial charge on any atom is -0.480 e. The molecule has 0 fully saturated rings. The fraction of sp³-hybridized carbons (Fsp3) is 0.818. The van der Waals surface area contributed by atoms with E-state index in [2.05, 4.69) is 26.1 Å². The lowest BCUT2D eigenvalue weighted by molar-refractivity contribution is -0.138. The van der Waals surface area contributed by atoms with Gasteiger partial charge in [-0.25, -0.2) is 0 Å². The van der Waals surface area contributed by atoms with Crippen molar-refractivity contribution < 1.29 is 14.7 Å². The second kappa shape index (κ2) is 6.48. The summed E-state index contributed by atoms with van der Waals surface area (Å²) in [6.45, 7) is 6.91. The average molecular weight is 230 g/mol. The van der Waals surface area contributed by atoms with Crippen molar-refractivity contribution in [1.29, 1.82) is 0 Å². The van der Waals surface area contributed by atoms with Crippen molar-refractivity contribution in [3.8, 4) is 0 Å². The quantitative estimate of drug-likeness (QED) is 0.627. The van der Waals surface area contributed by atoms with Crippen LogP contribution in [0.5, 0.6) is 0 Å². The van der Waals surface area contributed by atoms with Gasteiger partial charge in [-0.1, -0.05) is 20.8 Å². The Balaban J connectivity index is 3.64. The van der Waals surface area contributed by atoms with Gasteiger partial charge in [0, 0.05) is 13.0 Å². The normalized spacial score (nSPS) is 13.2. The van der Waals surface area contributed by atoms with E-state index in [0.29, 0.717) is 6.54 Å². The van der Waals surface area contributed by atoms with Gasteiger partial charge in [0.25, 0.3) is 0 Å². The molecule has 1 atom stereocenters. The van der Waals surface area contributed by atoms with E-state index in [4.69, 9.17) is 10.8 Å². The van der Waals surface area contributed by atoms with Crippen molar-refractivity contribution in [3.63, 3.8) is 0 Å². The first-order valence-electron chi connectivity index (χ1n) is 5.47. The first kappa shape index (κ1) is 14.9. The minimum atomic E-state index is -1.07. The van der Waals surface area contributed by atoms with Crippen LogP contribution in [0, 0.1) is 5.41 Å². The number of hydrogen-bond donors (Lipinski definition) is 3. The maximum absolute atomic E-state index is 11.3. The molecule has 0 aromatic heterocycles. The summed E-state index contributed by atoms with van der Waals surface area (Å²) >= 11 is 0. The van der Waals surface area contributed by atoms with E-state index in [1.807, 2.05) is 0 Å². The van der Waals surface area contributed by atoms with E-state index >= 15 is 0 Å². The highest BCUT2D eigenvalue weighted by Crippen LogP contribution is 2.16. The van der Waals surface area contributed by atoms with Gasteiger partial charge >= 0.3 is 5.97 Å². The summed E-state index contributed by atoms with van der Waals surface area (Å²) in [5.41, 5.74) is 5.47. The molecule has 0 spiro atoms. The molecule has 4 N–H and O–H groups in total. The summed E-state index contributed by atoms with van der Waals surface area (Å²) in [5, 5.41) is 11.3. The van der Waals surface area contributed by atoms with Crippen LogP contribution in [0.4, 0.5) is 0 Å². The summed E-state index contributed by atoms with van der Waals surface area (Å²) in [5.74, 6) is -1.21. The zero-order valence-corrected chi connectivity index (χ0v) is 10.2. The predicted molar refractivity (Wildman–Crippen MR) is 61.9 cm³/mol. The molecule has 0 bridgehead atoms. The first-order valence-corrected chi connectivity index (χ1v) is 5.47. The average Bonchev–Trinajstić information content (AvgIpc) is 2.11. The number of carboxylic acid groups (broad SMARTS) is 1. The van der Waals surface area contributed by atoms with Crippen molar-refractivity contribution in [1.82, 2.24) is 5.32 Å². The third-order valence-corrected chi connectivity index (χ3v) is 2.20. The Labute approximate surface area is 96.4 Å². The van der Waals surface area contributed by atoms with Crippen molar-refractivity contribution in [3.05, 3.63) is 0 Å². The van der Waals surface area contributed by atoms with Crippen molar-refractivity contribution >= 4 is 11.9 Å². The smallest absolute Gasteiger partial charge is 0.320 e. The molecule has 94 valence electrons. The summed E-state index contributed by atoms with van der Waals surface area (Å²) in [7, 11) is 0. The Kier molecular flexibility index (Phi) is 6.03. The Bertz CT molecular complexity index is 246. The predicted octanol–water partition coefficient (Wildman–Crippen LogP) is 0.731. The van der Waals surface area contributed by atoms with E-state index in [1.54, 1.807) is 0 Å². The summed E-state index contributed by atoms with van der Waals surface area (Å²) < 4.78 is 0. The minimum absolute atomic E-state index is 0.138.